The summed E-state index contributed by atoms with van der Waals surface area (Å²) in [5.41, 5.74) is 7.00. The highest BCUT2D eigenvalue weighted by molar-refractivity contribution is 6.30. The van der Waals surface area contributed by atoms with Crippen LogP contribution >= 0.6 is 11.6 Å². The quantitative estimate of drug-likeness (QED) is 0.911. The topological polar surface area (TPSA) is 55.6 Å². The molecule has 0 bridgehead atoms. The average molecular weight is 309 g/mol. The van der Waals surface area contributed by atoms with Crippen LogP contribution < -0.4 is 10.5 Å². The second-order valence-corrected chi connectivity index (χ2v) is 6.54. The van der Waals surface area contributed by atoms with Crippen LogP contribution in [-0.4, -0.2) is 36.0 Å². The van der Waals surface area contributed by atoms with E-state index in [1.165, 1.54) is 0 Å². The van der Waals surface area contributed by atoms with E-state index in [1.54, 1.807) is 6.07 Å². The molecule has 0 unspecified atom stereocenters. The number of nitrogens with zero attached hydrogens (tertiary/aromatic N) is 1. The number of likely N-dealkylation sites (tertiary alicyclic amines) is 1. The number of hydrogen-bond donors (Lipinski definition) is 1. The van der Waals surface area contributed by atoms with Crippen molar-refractivity contribution >= 4 is 17.5 Å². The van der Waals surface area contributed by atoms with Gasteiger partial charge in [-0.15, -0.1) is 0 Å². The van der Waals surface area contributed by atoms with Crippen LogP contribution in [0.15, 0.2) is 18.2 Å². The maximum absolute atomic E-state index is 12.6. The summed E-state index contributed by atoms with van der Waals surface area (Å²) >= 11 is 5.99. The number of amides is 1. The molecular weight excluding hydrogens is 288 g/mol. The predicted molar refractivity (Wildman–Crippen MR) is 82.5 cm³/mol. The normalized spacial score (nSPS) is 26.1. The SMILES string of the molecule is C[C@H](N)[C@@H]1CCCN(C(=O)[C@@H]2Cc3cc(Cl)ccc3O2)C1. The Morgan fingerprint density at radius 3 is 3.10 bits per heavy atom. The van der Waals surface area contributed by atoms with Gasteiger partial charge < -0.3 is 15.4 Å². The van der Waals surface area contributed by atoms with Crippen LogP contribution in [0, 0.1) is 5.92 Å². The van der Waals surface area contributed by atoms with E-state index in [9.17, 15) is 4.79 Å². The van der Waals surface area contributed by atoms with Crippen molar-refractivity contribution in [1.82, 2.24) is 4.90 Å². The van der Waals surface area contributed by atoms with E-state index in [2.05, 4.69) is 0 Å². The van der Waals surface area contributed by atoms with E-state index < -0.39 is 6.10 Å². The zero-order chi connectivity index (χ0) is 15.0. The second-order valence-electron chi connectivity index (χ2n) is 6.11. The molecule has 1 amide bonds. The van der Waals surface area contributed by atoms with Crippen LogP contribution in [0.25, 0.3) is 0 Å². The molecule has 1 fully saturated rings. The summed E-state index contributed by atoms with van der Waals surface area (Å²) in [5.74, 6) is 1.24. The Bertz CT molecular complexity index is 547. The Morgan fingerprint density at radius 2 is 2.33 bits per heavy atom. The molecule has 3 atom stereocenters. The first kappa shape index (κ1) is 14.7. The van der Waals surface area contributed by atoms with E-state index >= 15 is 0 Å². The van der Waals surface area contributed by atoms with Gasteiger partial charge in [-0.05, 0) is 49.4 Å². The molecule has 0 saturated carbocycles. The Morgan fingerprint density at radius 1 is 1.52 bits per heavy atom. The maximum Gasteiger partial charge on any atom is 0.264 e. The van der Waals surface area contributed by atoms with E-state index in [0.29, 0.717) is 17.4 Å². The van der Waals surface area contributed by atoms with Crippen LogP contribution in [0.4, 0.5) is 0 Å². The Labute approximate surface area is 130 Å². The lowest BCUT2D eigenvalue weighted by atomic mass is 9.92. The lowest BCUT2D eigenvalue weighted by Gasteiger charge is -2.35. The fourth-order valence-electron chi connectivity index (χ4n) is 3.20. The highest BCUT2D eigenvalue weighted by Gasteiger charge is 2.35. The minimum Gasteiger partial charge on any atom is -0.480 e. The summed E-state index contributed by atoms with van der Waals surface area (Å²) in [6.07, 6.45) is 2.31. The molecule has 3 rings (SSSR count). The third kappa shape index (κ3) is 3.01. The molecule has 21 heavy (non-hydrogen) atoms. The maximum atomic E-state index is 12.6. The van der Waals surface area contributed by atoms with Crippen molar-refractivity contribution in [2.45, 2.75) is 38.3 Å². The highest BCUT2D eigenvalue weighted by Crippen LogP contribution is 2.32. The van der Waals surface area contributed by atoms with Crippen molar-refractivity contribution in [3.63, 3.8) is 0 Å². The van der Waals surface area contributed by atoms with Crippen molar-refractivity contribution in [1.29, 1.82) is 0 Å². The molecule has 1 aromatic rings. The molecule has 1 saturated heterocycles. The van der Waals surface area contributed by atoms with Gasteiger partial charge in [-0.3, -0.25) is 4.79 Å². The van der Waals surface area contributed by atoms with Gasteiger partial charge in [-0.1, -0.05) is 11.6 Å². The number of ether oxygens (including phenoxy) is 1. The van der Waals surface area contributed by atoms with Gasteiger partial charge in [0, 0.05) is 30.6 Å². The number of hydrogen-bond acceptors (Lipinski definition) is 3. The van der Waals surface area contributed by atoms with Gasteiger partial charge in [0.25, 0.3) is 5.91 Å². The van der Waals surface area contributed by atoms with Gasteiger partial charge in [0.1, 0.15) is 5.75 Å². The Kier molecular flexibility index (Phi) is 4.09. The van der Waals surface area contributed by atoms with Crippen LogP contribution in [0.1, 0.15) is 25.3 Å². The zero-order valence-electron chi connectivity index (χ0n) is 12.2. The lowest BCUT2D eigenvalue weighted by Crippen LogP contribution is -2.49. The van der Waals surface area contributed by atoms with E-state index in [4.69, 9.17) is 22.1 Å². The fourth-order valence-corrected chi connectivity index (χ4v) is 3.39. The van der Waals surface area contributed by atoms with Crippen LogP contribution in [0.5, 0.6) is 5.75 Å². The summed E-state index contributed by atoms with van der Waals surface area (Å²) < 4.78 is 5.79. The second kappa shape index (κ2) is 5.85. The van der Waals surface area contributed by atoms with Gasteiger partial charge in [0.2, 0.25) is 0 Å². The number of carbonyl (C=O) groups is 1. The van der Waals surface area contributed by atoms with Crippen LogP contribution in [0.3, 0.4) is 0 Å². The van der Waals surface area contributed by atoms with Gasteiger partial charge in [0.15, 0.2) is 6.10 Å². The molecule has 0 spiro atoms. The third-order valence-corrected chi connectivity index (χ3v) is 4.72. The molecular formula is C16H21ClN2O2. The molecule has 0 aliphatic carbocycles. The van der Waals surface area contributed by atoms with Crippen molar-refractivity contribution < 1.29 is 9.53 Å². The molecule has 2 N–H and O–H groups in total. The first-order valence-electron chi connectivity index (χ1n) is 7.54. The van der Waals surface area contributed by atoms with Crippen LogP contribution in [0.2, 0.25) is 5.02 Å². The van der Waals surface area contributed by atoms with Crippen LogP contribution in [-0.2, 0) is 11.2 Å². The summed E-state index contributed by atoms with van der Waals surface area (Å²) in [4.78, 5) is 14.6. The highest BCUT2D eigenvalue weighted by atomic mass is 35.5. The van der Waals surface area contributed by atoms with E-state index in [1.807, 2.05) is 24.0 Å². The summed E-state index contributed by atoms with van der Waals surface area (Å²) in [6.45, 7) is 3.56. The van der Waals surface area contributed by atoms with Crippen molar-refractivity contribution in [2.24, 2.45) is 11.7 Å². The molecule has 0 radical (unpaired) electrons. The standard InChI is InChI=1S/C16H21ClN2O2/c1-10(18)11-3-2-6-19(9-11)16(20)15-8-12-7-13(17)4-5-14(12)21-15/h4-5,7,10-11,15H,2-3,6,8-9,18H2,1H3/t10-,11+,15-/m0/s1. The lowest BCUT2D eigenvalue weighted by molar-refractivity contribution is -0.139. The number of fused-ring (bicyclic) bond motifs is 1. The predicted octanol–water partition coefficient (Wildman–Crippen LogP) is 2.23. The number of piperidine rings is 1. The van der Waals surface area contributed by atoms with Gasteiger partial charge in [-0.2, -0.15) is 0 Å². The first-order valence-corrected chi connectivity index (χ1v) is 7.92. The third-order valence-electron chi connectivity index (χ3n) is 4.49. The number of rotatable bonds is 2. The average Bonchev–Trinajstić information content (AvgIpc) is 2.89. The Hall–Kier alpha value is -1.26. The monoisotopic (exact) mass is 308 g/mol. The molecule has 5 heteroatoms. The van der Waals surface area contributed by atoms with Gasteiger partial charge in [0.05, 0.1) is 0 Å². The zero-order valence-corrected chi connectivity index (χ0v) is 13.0. The molecule has 0 aromatic heterocycles. The number of carbonyl (C=O) groups excluding carboxylic acids is 1. The molecule has 1 aromatic carbocycles. The summed E-state index contributed by atoms with van der Waals surface area (Å²) in [6, 6.07) is 5.64. The molecule has 114 valence electrons. The van der Waals surface area contributed by atoms with Crippen molar-refractivity contribution in [3.05, 3.63) is 28.8 Å². The smallest absolute Gasteiger partial charge is 0.264 e. The van der Waals surface area contributed by atoms with Gasteiger partial charge in [-0.25, -0.2) is 0 Å². The number of halogens is 1. The minimum atomic E-state index is -0.412. The molecule has 4 nitrogen and oxygen atoms in total. The summed E-state index contributed by atoms with van der Waals surface area (Å²) in [5, 5.41) is 0.681. The first-order chi connectivity index (χ1) is 10.0. The van der Waals surface area contributed by atoms with E-state index in [0.717, 1.165) is 37.2 Å². The largest absolute Gasteiger partial charge is 0.480 e. The Balaban J connectivity index is 1.67. The number of benzene rings is 1. The number of nitrogens with two attached hydrogens (primary N) is 1. The minimum absolute atomic E-state index is 0.0765. The van der Waals surface area contributed by atoms with Gasteiger partial charge >= 0.3 is 0 Å². The fraction of sp³-hybridized carbons (Fsp3) is 0.562. The van der Waals surface area contributed by atoms with Crippen molar-refractivity contribution in [2.75, 3.05) is 13.1 Å². The molecule has 2 aliphatic rings. The summed E-state index contributed by atoms with van der Waals surface area (Å²) in [7, 11) is 0. The van der Waals surface area contributed by atoms with Crippen molar-refractivity contribution in [3.8, 4) is 5.75 Å². The molecule has 2 heterocycles. The molecule has 2 aliphatic heterocycles. The van der Waals surface area contributed by atoms with E-state index in [-0.39, 0.29) is 11.9 Å².